The Hall–Kier alpha value is -3.14. The number of imidazole rings is 1. The summed E-state index contributed by atoms with van der Waals surface area (Å²) >= 11 is 6.38. The summed E-state index contributed by atoms with van der Waals surface area (Å²) in [7, 11) is -2.86. The minimum absolute atomic E-state index is 0.00790. The number of aromatic nitrogens is 4. The molecule has 1 aliphatic rings. The highest BCUT2D eigenvalue weighted by Crippen LogP contribution is 2.51. The number of nitrogens with two attached hydrogens (primary N) is 1. The zero-order chi connectivity index (χ0) is 30.8. The second-order valence-corrected chi connectivity index (χ2v) is 12.0. The Morgan fingerprint density at radius 2 is 1.98 bits per heavy atom. The standard InChI is InChI=1S/C24H31ClF2N7O7P/c1-12(2)39-20(36)13(3)33-42(37,41-14-8-6-5-7-9-14)38-10-15-17(35)24(25,21(26)27)22(40-15)34-11-30-16-18(29-4)31-23(28)32-19(16)34/h5-9,11-13,15,17,21-22,35H,10H2,1-4H3,(H,33,37)(H3,28,29,31,32)/t13-,15-,17-,22-,24+,42-/m1/s1. The zero-order valence-corrected chi connectivity index (χ0v) is 24.6. The van der Waals surface area contributed by atoms with Gasteiger partial charge >= 0.3 is 13.7 Å². The minimum Gasteiger partial charge on any atom is -0.462 e. The Labute approximate surface area is 244 Å². The summed E-state index contributed by atoms with van der Waals surface area (Å²) in [4.78, 5) is 21.9. The quantitative estimate of drug-likeness (QED) is 0.130. The van der Waals surface area contributed by atoms with E-state index in [0.717, 1.165) is 10.9 Å². The molecule has 0 unspecified atom stereocenters. The molecule has 1 fully saturated rings. The lowest BCUT2D eigenvalue weighted by Gasteiger charge is -2.29. The molecule has 0 radical (unpaired) electrons. The number of fused-ring (bicyclic) bond motifs is 1. The van der Waals surface area contributed by atoms with Crippen LogP contribution in [0.2, 0.25) is 0 Å². The fourth-order valence-electron chi connectivity index (χ4n) is 4.21. The number of nitrogens with zero attached hydrogens (tertiary/aromatic N) is 4. The maximum absolute atomic E-state index is 14.5. The van der Waals surface area contributed by atoms with E-state index in [1.165, 1.54) is 19.1 Å². The summed E-state index contributed by atoms with van der Waals surface area (Å²) in [5.41, 5.74) is 5.97. The number of nitrogens with one attached hydrogen (secondary N) is 2. The first-order valence-electron chi connectivity index (χ1n) is 12.7. The van der Waals surface area contributed by atoms with Gasteiger partial charge < -0.3 is 30.2 Å². The highest BCUT2D eigenvalue weighted by Gasteiger charge is 2.62. The van der Waals surface area contributed by atoms with Crippen molar-refractivity contribution >= 4 is 48.2 Å². The van der Waals surface area contributed by atoms with E-state index in [1.807, 2.05) is 0 Å². The number of esters is 1. The highest BCUT2D eigenvalue weighted by atomic mass is 35.5. The van der Waals surface area contributed by atoms with E-state index in [1.54, 1.807) is 39.1 Å². The predicted octanol–water partition coefficient (Wildman–Crippen LogP) is 3.08. The van der Waals surface area contributed by atoms with Gasteiger partial charge in [0.25, 0.3) is 6.43 Å². The summed E-state index contributed by atoms with van der Waals surface area (Å²) in [6, 6.07) is 6.73. The number of aliphatic hydroxyl groups excluding tert-OH is 1. The Kier molecular flexibility index (Phi) is 9.55. The Bertz CT molecular complexity index is 1450. The van der Waals surface area contributed by atoms with Gasteiger partial charge in [-0.15, -0.1) is 11.6 Å². The molecule has 1 saturated heterocycles. The maximum Gasteiger partial charge on any atom is 0.459 e. The van der Waals surface area contributed by atoms with Crippen molar-refractivity contribution in [3.8, 4) is 5.75 Å². The summed E-state index contributed by atoms with van der Waals surface area (Å²) < 4.78 is 65.9. The molecular weight excluding hydrogens is 603 g/mol. The molecule has 42 heavy (non-hydrogen) atoms. The van der Waals surface area contributed by atoms with E-state index in [2.05, 4.69) is 25.4 Å². The average molecular weight is 634 g/mol. The van der Waals surface area contributed by atoms with Crippen molar-refractivity contribution in [3.05, 3.63) is 36.7 Å². The lowest BCUT2D eigenvalue weighted by Crippen LogP contribution is -2.48. The molecule has 5 N–H and O–H groups in total. The molecule has 0 aliphatic carbocycles. The van der Waals surface area contributed by atoms with Crippen molar-refractivity contribution in [2.45, 2.75) is 62.7 Å². The van der Waals surface area contributed by atoms with Gasteiger partial charge in [0.05, 0.1) is 19.0 Å². The van der Waals surface area contributed by atoms with Crippen LogP contribution in [0.5, 0.6) is 5.75 Å². The van der Waals surface area contributed by atoms with Crippen molar-refractivity contribution in [2.24, 2.45) is 0 Å². The molecule has 6 atom stereocenters. The highest BCUT2D eigenvalue weighted by molar-refractivity contribution is 7.52. The smallest absolute Gasteiger partial charge is 0.459 e. The molecule has 1 aliphatic heterocycles. The number of para-hydroxylation sites is 1. The molecule has 3 heterocycles. The number of carbonyl (C=O) groups is 1. The Morgan fingerprint density at radius 3 is 2.60 bits per heavy atom. The molecule has 1 aromatic carbocycles. The first kappa shape index (κ1) is 31.8. The summed E-state index contributed by atoms with van der Waals surface area (Å²) in [6.45, 7) is 3.92. The van der Waals surface area contributed by atoms with Gasteiger partial charge in [0.1, 0.15) is 24.0 Å². The van der Waals surface area contributed by atoms with Crippen LogP contribution in [0.4, 0.5) is 20.5 Å². The number of anilines is 2. The van der Waals surface area contributed by atoms with Crippen LogP contribution >= 0.6 is 19.3 Å². The summed E-state index contributed by atoms with van der Waals surface area (Å²) in [6.07, 6.45) is -7.94. The van der Waals surface area contributed by atoms with Crippen molar-refractivity contribution in [3.63, 3.8) is 0 Å². The number of halogens is 3. The Balaban J connectivity index is 1.62. The first-order valence-corrected chi connectivity index (χ1v) is 14.7. The van der Waals surface area contributed by atoms with E-state index in [9.17, 15) is 23.2 Å². The molecule has 230 valence electrons. The SMILES string of the molecule is CNc1nc(N)nc2c1ncn2[C@@H]1O[C@H](CO[P@](=O)(N[C@H](C)C(=O)OC(C)C)Oc2ccccc2)[C@@H](O)[C@]1(Cl)C(F)F. The third kappa shape index (κ3) is 6.43. The third-order valence-electron chi connectivity index (χ3n) is 6.19. The second kappa shape index (κ2) is 12.6. The van der Waals surface area contributed by atoms with Crippen LogP contribution in [0.15, 0.2) is 36.7 Å². The predicted molar refractivity (Wildman–Crippen MR) is 148 cm³/mol. The number of rotatable bonds is 12. The molecule has 3 aromatic rings. The summed E-state index contributed by atoms with van der Waals surface area (Å²) in [5, 5.41) is 16.2. The molecule has 0 saturated carbocycles. The van der Waals surface area contributed by atoms with Gasteiger partial charge in [0.15, 0.2) is 28.1 Å². The van der Waals surface area contributed by atoms with E-state index < -0.39 is 62.2 Å². The van der Waals surface area contributed by atoms with Crippen LogP contribution in [0.3, 0.4) is 0 Å². The molecule has 18 heteroatoms. The van der Waals surface area contributed by atoms with Gasteiger partial charge in [-0.1, -0.05) is 18.2 Å². The van der Waals surface area contributed by atoms with Gasteiger partial charge in [-0.2, -0.15) is 15.1 Å². The van der Waals surface area contributed by atoms with Gasteiger partial charge in [-0.05, 0) is 32.9 Å². The van der Waals surface area contributed by atoms with Gasteiger partial charge in [-0.3, -0.25) is 13.9 Å². The first-order chi connectivity index (χ1) is 19.8. The maximum atomic E-state index is 14.5. The van der Waals surface area contributed by atoms with E-state index in [0.29, 0.717) is 0 Å². The number of hydrogen-bond acceptors (Lipinski definition) is 12. The molecular formula is C24H31ClF2N7O7P. The van der Waals surface area contributed by atoms with Crippen molar-refractivity contribution < 1.29 is 41.8 Å². The number of hydrogen-bond donors (Lipinski definition) is 4. The monoisotopic (exact) mass is 633 g/mol. The average Bonchev–Trinajstić information content (AvgIpc) is 3.45. The number of nitrogen functional groups attached to an aromatic ring is 1. The van der Waals surface area contributed by atoms with Crippen LogP contribution in [0.25, 0.3) is 11.2 Å². The lowest BCUT2D eigenvalue weighted by molar-refractivity contribution is -0.149. The lowest BCUT2D eigenvalue weighted by atomic mass is 9.99. The molecule has 14 nitrogen and oxygen atoms in total. The van der Waals surface area contributed by atoms with E-state index in [4.69, 9.17) is 35.9 Å². The topological polar surface area (TPSA) is 185 Å². The van der Waals surface area contributed by atoms with E-state index in [-0.39, 0.29) is 28.7 Å². The van der Waals surface area contributed by atoms with Gasteiger partial charge in [-0.25, -0.2) is 18.3 Å². The number of benzene rings is 1. The van der Waals surface area contributed by atoms with Crippen molar-refractivity contribution in [1.82, 2.24) is 24.6 Å². The van der Waals surface area contributed by atoms with Crippen LogP contribution in [0.1, 0.15) is 27.0 Å². The number of alkyl halides is 3. The largest absolute Gasteiger partial charge is 0.462 e. The van der Waals surface area contributed by atoms with Crippen LogP contribution in [-0.4, -0.2) is 79.9 Å². The number of carbonyl (C=O) groups excluding carboxylic acids is 1. The fourth-order valence-corrected chi connectivity index (χ4v) is 6.01. The van der Waals surface area contributed by atoms with Crippen molar-refractivity contribution in [1.29, 1.82) is 0 Å². The molecule has 0 bridgehead atoms. The second-order valence-electron chi connectivity index (χ2n) is 9.64. The normalized spacial score (nSPS) is 24.6. The number of aliphatic hydroxyl groups is 1. The fraction of sp³-hybridized carbons (Fsp3) is 0.500. The zero-order valence-electron chi connectivity index (χ0n) is 23.0. The minimum atomic E-state index is -4.41. The Morgan fingerprint density at radius 1 is 1.29 bits per heavy atom. The molecule has 0 spiro atoms. The molecule has 0 amide bonds. The third-order valence-corrected chi connectivity index (χ3v) is 8.40. The molecule has 4 rings (SSSR count). The summed E-state index contributed by atoms with van der Waals surface area (Å²) in [5.74, 6) is -0.582. The molecule has 2 aromatic heterocycles. The van der Waals surface area contributed by atoms with Crippen LogP contribution < -0.4 is 20.7 Å². The van der Waals surface area contributed by atoms with Crippen LogP contribution in [-0.2, 0) is 23.4 Å². The van der Waals surface area contributed by atoms with Crippen LogP contribution in [0, 0.1) is 0 Å². The van der Waals surface area contributed by atoms with Crippen molar-refractivity contribution in [2.75, 3.05) is 24.7 Å². The van der Waals surface area contributed by atoms with Gasteiger partial charge in [0.2, 0.25) is 5.95 Å². The number of ether oxygens (including phenoxy) is 2. The van der Waals surface area contributed by atoms with Gasteiger partial charge in [0, 0.05) is 7.05 Å². The van der Waals surface area contributed by atoms with E-state index >= 15 is 0 Å².